The minimum absolute atomic E-state index is 0.190. The second-order valence-corrected chi connectivity index (χ2v) is 4.29. The molecule has 15 heavy (non-hydrogen) atoms. The molecule has 0 unspecified atom stereocenters. The summed E-state index contributed by atoms with van der Waals surface area (Å²) in [7, 11) is 0. The Morgan fingerprint density at radius 3 is 2.93 bits per heavy atom. The van der Waals surface area contributed by atoms with E-state index in [0.29, 0.717) is 0 Å². The van der Waals surface area contributed by atoms with Gasteiger partial charge in [0.15, 0.2) is 0 Å². The molecule has 2 rings (SSSR count). The summed E-state index contributed by atoms with van der Waals surface area (Å²) in [5.74, 6) is 0.740. The lowest BCUT2D eigenvalue weighted by Crippen LogP contribution is -2.30. The fourth-order valence-corrected chi connectivity index (χ4v) is 2.02. The highest BCUT2D eigenvalue weighted by atomic mass is 16.5. The van der Waals surface area contributed by atoms with Gasteiger partial charge in [0, 0.05) is 11.9 Å². The minimum atomic E-state index is 0.190. The summed E-state index contributed by atoms with van der Waals surface area (Å²) in [6.45, 7) is 5.28. The third-order valence-electron chi connectivity index (χ3n) is 3.10. The van der Waals surface area contributed by atoms with E-state index >= 15 is 0 Å². The molecule has 3 heteroatoms. The summed E-state index contributed by atoms with van der Waals surface area (Å²) in [5, 5.41) is 3.37. The van der Waals surface area contributed by atoms with E-state index in [1.165, 1.54) is 18.5 Å². The zero-order valence-corrected chi connectivity index (χ0v) is 9.33. The predicted molar refractivity (Wildman–Crippen MR) is 60.8 cm³/mol. The van der Waals surface area contributed by atoms with Crippen molar-refractivity contribution in [3.8, 4) is 0 Å². The fourth-order valence-electron chi connectivity index (χ4n) is 2.02. The molecule has 1 aromatic rings. The van der Waals surface area contributed by atoms with Crippen LogP contribution in [-0.2, 0) is 4.74 Å². The molecule has 1 fully saturated rings. The van der Waals surface area contributed by atoms with Crippen molar-refractivity contribution in [2.75, 3.05) is 19.7 Å². The van der Waals surface area contributed by atoms with Gasteiger partial charge >= 0.3 is 0 Å². The van der Waals surface area contributed by atoms with Gasteiger partial charge in [-0.15, -0.1) is 0 Å². The van der Waals surface area contributed by atoms with Gasteiger partial charge in [0.05, 0.1) is 12.7 Å². The quantitative estimate of drug-likeness (QED) is 0.795. The van der Waals surface area contributed by atoms with Crippen LogP contribution in [0.25, 0.3) is 0 Å². The average Bonchev–Trinajstić information content (AvgIpc) is 2.81. The number of aromatic amines is 1. The predicted octanol–water partition coefficient (Wildman–Crippen LogP) is 2.09. The van der Waals surface area contributed by atoms with Gasteiger partial charge in [-0.3, -0.25) is 0 Å². The average molecular weight is 208 g/mol. The SMILES string of the molecule is C[C@H](OCC1CCNCC1)c1ccc[nH]1. The number of H-pyrrole nitrogens is 1. The zero-order valence-electron chi connectivity index (χ0n) is 9.33. The van der Waals surface area contributed by atoms with Crippen LogP contribution in [0, 0.1) is 5.92 Å². The fraction of sp³-hybridized carbons (Fsp3) is 0.667. The first kappa shape index (κ1) is 10.7. The molecule has 1 aliphatic rings. The topological polar surface area (TPSA) is 37.0 Å². The van der Waals surface area contributed by atoms with E-state index in [-0.39, 0.29) is 6.10 Å². The van der Waals surface area contributed by atoms with E-state index in [4.69, 9.17) is 4.74 Å². The van der Waals surface area contributed by atoms with E-state index < -0.39 is 0 Å². The molecule has 1 saturated heterocycles. The maximum Gasteiger partial charge on any atom is 0.0944 e. The Hall–Kier alpha value is -0.800. The monoisotopic (exact) mass is 208 g/mol. The lowest BCUT2D eigenvalue weighted by Gasteiger charge is -2.23. The van der Waals surface area contributed by atoms with Crippen molar-refractivity contribution < 1.29 is 4.74 Å². The molecule has 2 heterocycles. The summed E-state index contributed by atoms with van der Waals surface area (Å²) in [6, 6.07) is 4.09. The molecule has 0 saturated carbocycles. The first-order chi connectivity index (χ1) is 7.36. The third kappa shape index (κ3) is 3.08. The number of aromatic nitrogens is 1. The largest absolute Gasteiger partial charge is 0.372 e. The molecular formula is C12H20N2O. The van der Waals surface area contributed by atoms with Crippen LogP contribution in [0.3, 0.4) is 0 Å². The van der Waals surface area contributed by atoms with Gasteiger partial charge in [-0.05, 0) is 50.9 Å². The van der Waals surface area contributed by atoms with Crippen molar-refractivity contribution in [2.24, 2.45) is 5.92 Å². The van der Waals surface area contributed by atoms with Crippen LogP contribution in [0.4, 0.5) is 0 Å². The van der Waals surface area contributed by atoms with Gasteiger partial charge in [0.25, 0.3) is 0 Å². The van der Waals surface area contributed by atoms with Crippen molar-refractivity contribution in [3.63, 3.8) is 0 Å². The van der Waals surface area contributed by atoms with Gasteiger partial charge in [-0.25, -0.2) is 0 Å². The molecule has 0 spiro atoms. The van der Waals surface area contributed by atoms with Crippen LogP contribution < -0.4 is 5.32 Å². The van der Waals surface area contributed by atoms with Gasteiger partial charge in [0.1, 0.15) is 0 Å². The van der Waals surface area contributed by atoms with E-state index in [9.17, 15) is 0 Å². The Labute approximate surface area is 91.2 Å². The van der Waals surface area contributed by atoms with Crippen molar-refractivity contribution in [1.29, 1.82) is 0 Å². The van der Waals surface area contributed by atoms with Crippen molar-refractivity contribution in [3.05, 3.63) is 24.0 Å². The van der Waals surface area contributed by atoms with Crippen LogP contribution in [0.1, 0.15) is 31.6 Å². The molecule has 2 N–H and O–H groups in total. The number of nitrogens with one attached hydrogen (secondary N) is 2. The summed E-state index contributed by atoms with van der Waals surface area (Å²) in [5.41, 5.74) is 1.17. The first-order valence-electron chi connectivity index (χ1n) is 5.82. The molecule has 0 radical (unpaired) electrons. The number of rotatable bonds is 4. The number of piperidine rings is 1. The minimum Gasteiger partial charge on any atom is -0.372 e. The summed E-state index contributed by atoms with van der Waals surface area (Å²) in [4.78, 5) is 3.19. The van der Waals surface area contributed by atoms with Gasteiger partial charge in [-0.1, -0.05) is 0 Å². The highest BCUT2D eigenvalue weighted by molar-refractivity contribution is 5.06. The normalized spacial score (nSPS) is 20.3. The van der Waals surface area contributed by atoms with Gasteiger partial charge < -0.3 is 15.0 Å². The Bertz CT molecular complexity index is 265. The van der Waals surface area contributed by atoms with Crippen molar-refractivity contribution >= 4 is 0 Å². The molecule has 0 bridgehead atoms. The molecule has 0 aliphatic carbocycles. The maximum atomic E-state index is 5.87. The highest BCUT2D eigenvalue weighted by Gasteiger charge is 2.15. The van der Waals surface area contributed by atoms with Crippen LogP contribution in [0.15, 0.2) is 18.3 Å². The Morgan fingerprint density at radius 2 is 2.27 bits per heavy atom. The molecule has 0 amide bonds. The van der Waals surface area contributed by atoms with Gasteiger partial charge in [-0.2, -0.15) is 0 Å². The first-order valence-corrected chi connectivity index (χ1v) is 5.82. The Balaban J connectivity index is 1.73. The smallest absolute Gasteiger partial charge is 0.0944 e. The lowest BCUT2D eigenvalue weighted by atomic mass is 9.99. The van der Waals surface area contributed by atoms with E-state index in [1.807, 2.05) is 12.3 Å². The maximum absolute atomic E-state index is 5.87. The Morgan fingerprint density at radius 1 is 1.47 bits per heavy atom. The number of ether oxygens (including phenoxy) is 1. The van der Waals surface area contributed by atoms with Crippen molar-refractivity contribution in [1.82, 2.24) is 10.3 Å². The van der Waals surface area contributed by atoms with E-state index in [1.54, 1.807) is 0 Å². The van der Waals surface area contributed by atoms with Crippen molar-refractivity contribution in [2.45, 2.75) is 25.9 Å². The van der Waals surface area contributed by atoms with E-state index in [2.05, 4.69) is 23.3 Å². The number of hydrogen-bond acceptors (Lipinski definition) is 2. The van der Waals surface area contributed by atoms with Crippen LogP contribution in [-0.4, -0.2) is 24.7 Å². The van der Waals surface area contributed by atoms with Crippen LogP contribution in [0.2, 0.25) is 0 Å². The van der Waals surface area contributed by atoms with E-state index in [0.717, 1.165) is 25.6 Å². The summed E-state index contributed by atoms with van der Waals surface area (Å²) < 4.78 is 5.87. The molecule has 3 nitrogen and oxygen atoms in total. The van der Waals surface area contributed by atoms with Crippen LogP contribution in [0.5, 0.6) is 0 Å². The summed E-state index contributed by atoms with van der Waals surface area (Å²) >= 11 is 0. The molecule has 1 atom stereocenters. The molecule has 1 aliphatic heterocycles. The molecule has 1 aromatic heterocycles. The third-order valence-corrected chi connectivity index (χ3v) is 3.10. The molecule has 84 valence electrons. The Kier molecular flexibility index (Phi) is 3.80. The second kappa shape index (κ2) is 5.33. The summed E-state index contributed by atoms with van der Waals surface area (Å²) in [6.07, 6.45) is 4.63. The van der Waals surface area contributed by atoms with Crippen LogP contribution >= 0.6 is 0 Å². The highest BCUT2D eigenvalue weighted by Crippen LogP contribution is 2.18. The molecule has 0 aromatic carbocycles. The standard InChI is InChI=1S/C12H20N2O/c1-10(12-3-2-6-14-12)15-9-11-4-7-13-8-5-11/h2-3,6,10-11,13-14H,4-5,7-9H2,1H3/t10-/m0/s1. The second-order valence-electron chi connectivity index (χ2n) is 4.29. The van der Waals surface area contributed by atoms with Gasteiger partial charge in [0.2, 0.25) is 0 Å². The zero-order chi connectivity index (χ0) is 10.5. The lowest BCUT2D eigenvalue weighted by molar-refractivity contribution is 0.0299. The molecular weight excluding hydrogens is 188 g/mol. The number of hydrogen-bond donors (Lipinski definition) is 2.